The standard InChI is InChI=1S/C21H18Cl2O2/c1-11-2-3-12(17-10-15(22)6-7-18(17)23)9-16(11)19-20(24)13-4-5-14(8-13)21(19)25/h2-3,6-7,9-10,13-14,19H,4-5,8H2,1H3. The lowest BCUT2D eigenvalue weighted by atomic mass is 9.74. The molecular formula is C21H18Cl2O2. The van der Waals surface area contributed by atoms with Crippen molar-refractivity contribution in [3.8, 4) is 11.1 Å². The first-order valence-electron chi connectivity index (χ1n) is 8.59. The van der Waals surface area contributed by atoms with Crippen molar-refractivity contribution in [2.45, 2.75) is 32.1 Å². The summed E-state index contributed by atoms with van der Waals surface area (Å²) in [4.78, 5) is 25.7. The zero-order valence-corrected chi connectivity index (χ0v) is 15.4. The van der Waals surface area contributed by atoms with E-state index in [1.54, 1.807) is 12.1 Å². The average Bonchev–Trinajstić information content (AvgIpc) is 3.04. The van der Waals surface area contributed by atoms with Crippen molar-refractivity contribution < 1.29 is 9.59 Å². The maximum Gasteiger partial charge on any atom is 0.150 e. The highest BCUT2D eigenvalue weighted by Crippen LogP contribution is 2.45. The Morgan fingerprint density at radius 1 is 0.920 bits per heavy atom. The van der Waals surface area contributed by atoms with E-state index in [0.29, 0.717) is 10.0 Å². The Balaban J connectivity index is 1.82. The fourth-order valence-corrected chi connectivity index (χ4v) is 4.65. The predicted octanol–water partition coefficient (Wildman–Crippen LogP) is 5.62. The molecule has 0 radical (unpaired) electrons. The number of carbonyl (C=O) groups excluding carboxylic acids is 2. The molecule has 2 fully saturated rings. The highest BCUT2D eigenvalue weighted by Gasteiger charge is 2.47. The third-order valence-corrected chi connectivity index (χ3v) is 6.20. The Morgan fingerprint density at radius 3 is 2.28 bits per heavy atom. The van der Waals surface area contributed by atoms with Gasteiger partial charge < -0.3 is 0 Å². The van der Waals surface area contributed by atoms with Crippen LogP contribution in [0.1, 0.15) is 36.3 Å². The third-order valence-electron chi connectivity index (χ3n) is 5.64. The SMILES string of the molecule is Cc1ccc(-c2cc(Cl)ccc2Cl)cc1C1C(=O)C2CCC(C2)C1=O. The van der Waals surface area contributed by atoms with Crippen LogP contribution in [0.3, 0.4) is 0 Å². The summed E-state index contributed by atoms with van der Waals surface area (Å²) in [7, 11) is 0. The molecule has 0 aromatic heterocycles. The van der Waals surface area contributed by atoms with Gasteiger partial charge in [-0.15, -0.1) is 0 Å². The highest BCUT2D eigenvalue weighted by molar-refractivity contribution is 6.35. The van der Waals surface area contributed by atoms with Gasteiger partial charge in [-0.05, 0) is 67.1 Å². The number of halogens is 2. The first kappa shape index (κ1) is 16.8. The van der Waals surface area contributed by atoms with Crippen LogP contribution in [-0.4, -0.2) is 11.6 Å². The average molecular weight is 373 g/mol. The summed E-state index contributed by atoms with van der Waals surface area (Å²) in [6, 6.07) is 11.2. The van der Waals surface area contributed by atoms with Gasteiger partial charge in [0.25, 0.3) is 0 Å². The van der Waals surface area contributed by atoms with E-state index < -0.39 is 5.92 Å². The molecular weight excluding hydrogens is 355 g/mol. The number of benzene rings is 2. The maximum atomic E-state index is 12.8. The van der Waals surface area contributed by atoms with Crippen molar-refractivity contribution in [1.82, 2.24) is 0 Å². The van der Waals surface area contributed by atoms with Crippen LogP contribution in [0.15, 0.2) is 36.4 Å². The van der Waals surface area contributed by atoms with Gasteiger partial charge in [0, 0.05) is 27.4 Å². The monoisotopic (exact) mass is 372 g/mol. The molecule has 2 nitrogen and oxygen atoms in total. The summed E-state index contributed by atoms with van der Waals surface area (Å²) in [5.74, 6) is -0.340. The van der Waals surface area contributed by atoms with Crippen molar-refractivity contribution in [2.75, 3.05) is 0 Å². The minimum atomic E-state index is -0.621. The number of carbonyl (C=O) groups is 2. The molecule has 0 spiro atoms. The first-order chi connectivity index (χ1) is 12.0. The van der Waals surface area contributed by atoms with Crippen LogP contribution < -0.4 is 0 Å². The van der Waals surface area contributed by atoms with Gasteiger partial charge in [0.1, 0.15) is 5.92 Å². The van der Waals surface area contributed by atoms with E-state index in [-0.39, 0.29) is 23.4 Å². The molecule has 2 aromatic carbocycles. The van der Waals surface area contributed by atoms with Gasteiger partial charge in [-0.3, -0.25) is 9.59 Å². The molecule has 2 atom stereocenters. The van der Waals surface area contributed by atoms with E-state index >= 15 is 0 Å². The van der Waals surface area contributed by atoms with Gasteiger partial charge in [0.15, 0.2) is 11.6 Å². The van der Waals surface area contributed by atoms with Crippen LogP contribution in [0, 0.1) is 18.8 Å². The van der Waals surface area contributed by atoms with E-state index in [0.717, 1.165) is 41.5 Å². The second-order valence-corrected chi connectivity index (χ2v) is 7.98. The lowest BCUT2D eigenvalue weighted by Crippen LogP contribution is -2.35. The van der Waals surface area contributed by atoms with Gasteiger partial charge in [-0.25, -0.2) is 0 Å². The second kappa shape index (κ2) is 6.26. The number of hydrogen-bond donors (Lipinski definition) is 0. The second-order valence-electron chi connectivity index (χ2n) is 7.14. The zero-order chi connectivity index (χ0) is 17.7. The predicted molar refractivity (Wildman–Crippen MR) is 100 cm³/mol. The van der Waals surface area contributed by atoms with Crippen molar-refractivity contribution in [3.05, 3.63) is 57.6 Å². The summed E-state index contributed by atoms with van der Waals surface area (Å²) >= 11 is 12.4. The fourth-order valence-electron chi connectivity index (χ4n) is 4.25. The summed E-state index contributed by atoms with van der Waals surface area (Å²) in [6.07, 6.45) is 2.45. The smallest absolute Gasteiger partial charge is 0.150 e. The van der Waals surface area contributed by atoms with Crippen LogP contribution in [0.2, 0.25) is 10.0 Å². The van der Waals surface area contributed by atoms with Gasteiger partial charge in [0.2, 0.25) is 0 Å². The largest absolute Gasteiger partial charge is 0.298 e. The number of fused-ring (bicyclic) bond motifs is 2. The molecule has 0 saturated heterocycles. The quantitative estimate of drug-likeness (QED) is 0.640. The summed E-state index contributed by atoms with van der Waals surface area (Å²) in [5, 5.41) is 1.20. The van der Waals surface area contributed by atoms with Gasteiger partial charge in [-0.2, -0.15) is 0 Å². The maximum absolute atomic E-state index is 12.8. The Hall–Kier alpha value is -1.64. The van der Waals surface area contributed by atoms with Crippen molar-refractivity contribution in [3.63, 3.8) is 0 Å². The summed E-state index contributed by atoms with van der Waals surface area (Å²) in [5.41, 5.74) is 3.48. The number of ketones is 2. The van der Waals surface area contributed by atoms with Crippen LogP contribution in [0.25, 0.3) is 11.1 Å². The van der Waals surface area contributed by atoms with Crippen molar-refractivity contribution >= 4 is 34.8 Å². The molecule has 0 aliphatic heterocycles. The number of rotatable bonds is 2. The van der Waals surface area contributed by atoms with Crippen LogP contribution in [0.4, 0.5) is 0 Å². The molecule has 2 aliphatic rings. The van der Waals surface area contributed by atoms with E-state index in [1.807, 2.05) is 31.2 Å². The molecule has 0 N–H and O–H groups in total. The van der Waals surface area contributed by atoms with E-state index in [1.165, 1.54) is 0 Å². The molecule has 4 heteroatoms. The molecule has 2 aliphatic carbocycles. The zero-order valence-electron chi connectivity index (χ0n) is 13.9. The number of Topliss-reactive ketones (excluding diaryl/α,β-unsaturated/α-hetero) is 2. The normalized spacial score (nSPS) is 25.5. The Kier molecular flexibility index (Phi) is 4.21. The number of hydrogen-bond acceptors (Lipinski definition) is 2. The molecule has 0 heterocycles. The Morgan fingerprint density at radius 2 is 1.60 bits per heavy atom. The molecule has 0 amide bonds. The summed E-state index contributed by atoms with van der Waals surface area (Å²) in [6.45, 7) is 1.95. The Bertz CT molecular complexity index is 865. The highest BCUT2D eigenvalue weighted by atomic mass is 35.5. The summed E-state index contributed by atoms with van der Waals surface area (Å²) < 4.78 is 0. The third kappa shape index (κ3) is 2.82. The Labute approximate surface area is 157 Å². The minimum absolute atomic E-state index is 0.0468. The minimum Gasteiger partial charge on any atom is -0.298 e. The topological polar surface area (TPSA) is 34.1 Å². The molecule has 2 saturated carbocycles. The van der Waals surface area contributed by atoms with Crippen LogP contribution in [-0.2, 0) is 9.59 Å². The fraction of sp³-hybridized carbons (Fsp3) is 0.333. The molecule has 4 rings (SSSR count). The molecule has 2 unspecified atom stereocenters. The van der Waals surface area contributed by atoms with E-state index in [4.69, 9.17) is 23.2 Å². The number of aryl methyl sites for hydroxylation is 1. The van der Waals surface area contributed by atoms with Crippen LogP contribution >= 0.6 is 23.2 Å². The van der Waals surface area contributed by atoms with Crippen LogP contribution in [0.5, 0.6) is 0 Å². The van der Waals surface area contributed by atoms with E-state index in [9.17, 15) is 9.59 Å². The molecule has 25 heavy (non-hydrogen) atoms. The lowest BCUT2D eigenvalue weighted by molar-refractivity contribution is -0.135. The van der Waals surface area contributed by atoms with Gasteiger partial charge in [-0.1, -0.05) is 35.3 Å². The lowest BCUT2D eigenvalue weighted by Gasteiger charge is -2.27. The van der Waals surface area contributed by atoms with Crippen molar-refractivity contribution in [2.24, 2.45) is 11.8 Å². The molecule has 2 aromatic rings. The van der Waals surface area contributed by atoms with Gasteiger partial charge >= 0.3 is 0 Å². The van der Waals surface area contributed by atoms with Gasteiger partial charge in [0.05, 0.1) is 0 Å². The van der Waals surface area contributed by atoms with Crippen molar-refractivity contribution in [1.29, 1.82) is 0 Å². The molecule has 2 bridgehead atoms. The molecule has 128 valence electrons. The first-order valence-corrected chi connectivity index (χ1v) is 9.34. The van der Waals surface area contributed by atoms with E-state index in [2.05, 4.69) is 0 Å².